The van der Waals surface area contributed by atoms with Crippen LogP contribution in [0.1, 0.15) is 36.0 Å². The summed E-state index contributed by atoms with van der Waals surface area (Å²) in [5.41, 5.74) is 6.60. The van der Waals surface area contributed by atoms with Crippen LogP contribution in [0.5, 0.6) is 11.6 Å². The number of ether oxygens (including phenoxy) is 1. The maximum Gasteiger partial charge on any atom is 0.250 e. The van der Waals surface area contributed by atoms with E-state index in [9.17, 15) is 4.79 Å². The monoisotopic (exact) mass is 423 g/mol. The third-order valence-electron chi connectivity index (χ3n) is 5.93. The third-order valence-corrected chi connectivity index (χ3v) is 7.01. The maximum atomic E-state index is 11.2. The van der Waals surface area contributed by atoms with Gasteiger partial charge in [0.2, 0.25) is 11.8 Å². The van der Waals surface area contributed by atoms with E-state index < -0.39 is 5.91 Å². The first-order valence-corrected chi connectivity index (χ1v) is 11.3. The summed E-state index contributed by atoms with van der Waals surface area (Å²) in [4.78, 5) is 25.3. The van der Waals surface area contributed by atoms with Crippen LogP contribution in [0.15, 0.2) is 36.5 Å². The van der Waals surface area contributed by atoms with Crippen molar-refractivity contribution in [2.24, 2.45) is 5.73 Å². The zero-order chi connectivity index (χ0) is 20.5. The quantitative estimate of drug-likeness (QED) is 0.674. The molecule has 0 saturated carbocycles. The number of rotatable bonds is 5. The normalized spacial score (nSPS) is 20.0. The van der Waals surface area contributed by atoms with Gasteiger partial charge in [-0.2, -0.15) is 0 Å². The Morgan fingerprint density at radius 2 is 2.00 bits per heavy atom. The van der Waals surface area contributed by atoms with Crippen molar-refractivity contribution in [1.29, 1.82) is 0 Å². The molecule has 0 spiro atoms. The van der Waals surface area contributed by atoms with Crippen LogP contribution in [-0.2, 0) is 0 Å². The lowest BCUT2D eigenvalue weighted by atomic mass is 10.1. The molecule has 1 aromatic carbocycles. The highest BCUT2D eigenvalue weighted by Crippen LogP contribution is 2.34. The Labute approximate surface area is 179 Å². The zero-order valence-electron chi connectivity index (χ0n) is 16.8. The van der Waals surface area contributed by atoms with E-state index in [-0.39, 0.29) is 0 Å². The van der Waals surface area contributed by atoms with Gasteiger partial charge in [0.05, 0.1) is 15.8 Å². The Hall–Kier alpha value is -2.71. The molecule has 2 aliphatic rings. The molecule has 2 aromatic heterocycles. The fourth-order valence-corrected chi connectivity index (χ4v) is 5.32. The number of carbonyl (C=O) groups is 1. The molecule has 0 bridgehead atoms. The van der Waals surface area contributed by atoms with E-state index >= 15 is 0 Å². The number of piperidine rings is 1. The van der Waals surface area contributed by atoms with Crippen LogP contribution in [0.4, 0.5) is 5.13 Å². The van der Waals surface area contributed by atoms with Crippen molar-refractivity contribution in [3.05, 3.63) is 42.1 Å². The second-order valence-corrected chi connectivity index (χ2v) is 8.97. The molecule has 1 amide bonds. The van der Waals surface area contributed by atoms with Crippen LogP contribution >= 0.6 is 11.3 Å². The number of benzene rings is 1. The predicted molar refractivity (Wildman–Crippen MR) is 118 cm³/mol. The van der Waals surface area contributed by atoms with E-state index in [2.05, 4.69) is 14.8 Å². The summed E-state index contributed by atoms with van der Waals surface area (Å²) in [5.74, 6) is 0.620. The van der Waals surface area contributed by atoms with Gasteiger partial charge in [0.1, 0.15) is 5.75 Å². The molecule has 0 unspecified atom stereocenters. The fraction of sp³-hybridized carbons (Fsp3) is 0.409. The molecule has 156 valence electrons. The highest BCUT2D eigenvalue weighted by molar-refractivity contribution is 7.22. The Balaban J connectivity index is 1.29. The molecular formula is C22H25N5O2S. The topological polar surface area (TPSA) is 84.6 Å². The minimum absolute atomic E-state index is 0.360. The minimum atomic E-state index is -0.503. The van der Waals surface area contributed by atoms with Crippen LogP contribution in [0.25, 0.3) is 10.2 Å². The second-order valence-electron chi connectivity index (χ2n) is 7.96. The third kappa shape index (κ3) is 3.97. The van der Waals surface area contributed by atoms with E-state index in [0.717, 1.165) is 28.4 Å². The van der Waals surface area contributed by atoms with Gasteiger partial charge >= 0.3 is 0 Å². The molecule has 5 rings (SSSR count). The number of fused-ring (bicyclic) bond motifs is 1. The molecule has 8 heteroatoms. The first-order valence-electron chi connectivity index (χ1n) is 10.5. The molecule has 3 aromatic rings. The second kappa shape index (κ2) is 8.20. The Morgan fingerprint density at radius 1 is 1.13 bits per heavy atom. The first kappa shape index (κ1) is 19.3. The number of nitrogens with two attached hydrogens (primary N) is 1. The summed E-state index contributed by atoms with van der Waals surface area (Å²) < 4.78 is 6.94. The molecule has 1 atom stereocenters. The van der Waals surface area contributed by atoms with Gasteiger partial charge in [-0.25, -0.2) is 9.97 Å². The summed E-state index contributed by atoms with van der Waals surface area (Å²) in [6, 6.07) is 9.80. The number of nitrogens with zero attached hydrogens (tertiary/aromatic N) is 4. The van der Waals surface area contributed by atoms with Crippen molar-refractivity contribution in [3.63, 3.8) is 0 Å². The van der Waals surface area contributed by atoms with Crippen molar-refractivity contribution < 1.29 is 9.53 Å². The highest BCUT2D eigenvalue weighted by atomic mass is 32.1. The number of hydrogen-bond acceptors (Lipinski definition) is 7. The molecule has 2 fully saturated rings. The average molecular weight is 424 g/mol. The molecule has 7 nitrogen and oxygen atoms in total. The van der Waals surface area contributed by atoms with E-state index in [1.807, 2.05) is 18.2 Å². The molecule has 0 aliphatic carbocycles. The predicted octanol–water partition coefficient (Wildman–Crippen LogP) is 3.65. The number of amides is 1. The summed E-state index contributed by atoms with van der Waals surface area (Å²) in [7, 11) is 0. The van der Waals surface area contributed by atoms with Crippen LogP contribution < -0.4 is 15.4 Å². The number of pyridine rings is 1. The lowest BCUT2D eigenvalue weighted by Gasteiger charge is -2.32. The maximum absolute atomic E-state index is 11.2. The molecule has 2 saturated heterocycles. The van der Waals surface area contributed by atoms with Gasteiger partial charge in [0.25, 0.3) is 0 Å². The lowest BCUT2D eigenvalue weighted by molar-refractivity contribution is 0.1000. The SMILES string of the molecule is NC(=O)c1ccc(Oc2ccc3nc(N4CC[C@@H](N5CCCCC5)C4)sc3c2)nc1. The van der Waals surface area contributed by atoms with Crippen molar-refractivity contribution in [2.75, 3.05) is 31.1 Å². The number of hydrogen-bond donors (Lipinski definition) is 1. The van der Waals surface area contributed by atoms with Crippen molar-refractivity contribution in [2.45, 2.75) is 31.7 Å². The molecule has 0 radical (unpaired) electrons. The Bertz CT molecular complexity index is 1050. The first-order chi connectivity index (χ1) is 14.7. The number of primary amides is 1. The number of aromatic nitrogens is 2. The van der Waals surface area contributed by atoms with Gasteiger partial charge in [-0.3, -0.25) is 9.69 Å². The average Bonchev–Trinajstić information content (AvgIpc) is 3.42. The molecule has 2 N–H and O–H groups in total. The molecule has 2 aliphatic heterocycles. The van der Waals surface area contributed by atoms with E-state index in [1.165, 1.54) is 45.0 Å². The van der Waals surface area contributed by atoms with Gasteiger partial charge in [0.15, 0.2) is 5.13 Å². The summed E-state index contributed by atoms with van der Waals surface area (Å²) in [5, 5.41) is 1.09. The number of likely N-dealkylation sites (tertiary alicyclic amines) is 1. The smallest absolute Gasteiger partial charge is 0.250 e. The Morgan fingerprint density at radius 3 is 2.77 bits per heavy atom. The number of anilines is 1. The summed E-state index contributed by atoms with van der Waals surface area (Å²) in [6.07, 6.45) is 6.69. The van der Waals surface area contributed by atoms with E-state index in [1.54, 1.807) is 23.5 Å². The molecule has 30 heavy (non-hydrogen) atoms. The van der Waals surface area contributed by atoms with Crippen LogP contribution in [0, 0.1) is 0 Å². The van der Waals surface area contributed by atoms with Gasteiger partial charge in [-0.1, -0.05) is 17.8 Å². The van der Waals surface area contributed by atoms with Gasteiger partial charge in [-0.15, -0.1) is 0 Å². The van der Waals surface area contributed by atoms with E-state index in [4.69, 9.17) is 15.5 Å². The van der Waals surface area contributed by atoms with Crippen molar-refractivity contribution in [1.82, 2.24) is 14.9 Å². The molecule has 4 heterocycles. The van der Waals surface area contributed by atoms with Gasteiger partial charge in [-0.05, 0) is 50.6 Å². The minimum Gasteiger partial charge on any atom is -0.439 e. The fourth-order valence-electron chi connectivity index (χ4n) is 4.30. The van der Waals surface area contributed by atoms with Gasteiger partial charge < -0.3 is 15.4 Å². The highest BCUT2D eigenvalue weighted by Gasteiger charge is 2.29. The van der Waals surface area contributed by atoms with Crippen LogP contribution in [-0.4, -0.2) is 53.0 Å². The van der Waals surface area contributed by atoms with E-state index in [0.29, 0.717) is 23.2 Å². The zero-order valence-corrected chi connectivity index (χ0v) is 17.6. The Kier molecular flexibility index (Phi) is 5.26. The number of thiazole rings is 1. The van der Waals surface area contributed by atoms with Crippen molar-refractivity contribution >= 4 is 32.6 Å². The molecular weight excluding hydrogens is 398 g/mol. The van der Waals surface area contributed by atoms with Crippen LogP contribution in [0.2, 0.25) is 0 Å². The standard InChI is InChI=1S/C22H25N5O2S/c23-21(28)15-4-7-20(24-13-15)29-17-5-6-18-19(12-17)30-22(25-18)27-11-8-16(14-27)26-9-2-1-3-10-26/h4-7,12-13,16H,1-3,8-11,14H2,(H2,23,28)/t16-/m1/s1. The lowest BCUT2D eigenvalue weighted by Crippen LogP contribution is -2.40. The number of carbonyl (C=O) groups excluding carboxylic acids is 1. The summed E-state index contributed by atoms with van der Waals surface area (Å²) in [6.45, 7) is 4.63. The van der Waals surface area contributed by atoms with Crippen molar-refractivity contribution in [3.8, 4) is 11.6 Å². The van der Waals surface area contributed by atoms with Crippen LogP contribution in [0.3, 0.4) is 0 Å². The summed E-state index contributed by atoms with van der Waals surface area (Å²) >= 11 is 1.71. The van der Waals surface area contributed by atoms with Gasteiger partial charge in [0, 0.05) is 37.5 Å². The largest absolute Gasteiger partial charge is 0.439 e.